The highest BCUT2D eigenvalue weighted by Gasteiger charge is 2.35. The molecule has 0 saturated heterocycles. The maximum absolute atomic E-state index is 12.8. The molecule has 0 bridgehead atoms. The Hall–Kier alpha value is -3.10. The number of carbonyl (C=O) groups is 2. The van der Waals surface area contributed by atoms with Crippen LogP contribution in [0.5, 0.6) is 5.75 Å². The lowest BCUT2D eigenvalue weighted by molar-refractivity contribution is -0.149. The number of methoxy groups -OCH3 is 1. The van der Waals surface area contributed by atoms with Crippen LogP contribution < -0.4 is 15.4 Å². The number of hydrogen-bond acceptors (Lipinski definition) is 7. The lowest BCUT2D eigenvalue weighted by atomic mass is 9.96. The number of aliphatic hydroxyl groups is 1. The highest BCUT2D eigenvalue weighted by Crippen LogP contribution is 2.15. The van der Waals surface area contributed by atoms with E-state index in [9.17, 15) is 14.7 Å². The summed E-state index contributed by atoms with van der Waals surface area (Å²) in [5.74, 6) is 0.0722. The van der Waals surface area contributed by atoms with Crippen molar-refractivity contribution in [3.8, 4) is 5.75 Å². The highest BCUT2D eigenvalue weighted by molar-refractivity contribution is 5.77. The zero-order valence-electron chi connectivity index (χ0n) is 20.5. The standard InChI is InChI=1S/C26H36N2O6/c1-6-33-24(30)22(27-17-19-13-10-14-20(15-19)32-5)23(29)21(16-18-11-8-7-9-12-18)28-25(31)34-26(2,3)4/h7-15,21-23,27,29H,6,16-17H2,1-5H3,(H,28,31)/t21-,22+,23-/m0/s1. The smallest absolute Gasteiger partial charge is 0.407 e. The van der Waals surface area contributed by atoms with Crippen molar-refractivity contribution in [2.75, 3.05) is 13.7 Å². The minimum atomic E-state index is -1.29. The fraction of sp³-hybridized carbons (Fsp3) is 0.462. The second kappa shape index (κ2) is 13.0. The van der Waals surface area contributed by atoms with Crippen molar-refractivity contribution in [3.05, 3.63) is 65.7 Å². The summed E-state index contributed by atoms with van der Waals surface area (Å²) in [7, 11) is 1.58. The van der Waals surface area contributed by atoms with Gasteiger partial charge in [-0.1, -0.05) is 42.5 Å². The molecule has 0 radical (unpaired) electrons. The minimum Gasteiger partial charge on any atom is -0.497 e. The van der Waals surface area contributed by atoms with E-state index in [2.05, 4.69) is 10.6 Å². The maximum Gasteiger partial charge on any atom is 0.407 e. The Balaban J connectivity index is 2.26. The largest absolute Gasteiger partial charge is 0.497 e. The summed E-state index contributed by atoms with van der Waals surface area (Å²) in [6.07, 6.45) is -1.68. The van der Waals surface area contributed by atoms with Gasteiger partial charge in [-0.05, 0) is 57.4 Å². The van der Waals surface area contributed by atoms with E-state index in [-0.39, 0.29) is 19.6 Å². The SMILES string of the molecule is CCOC(=O)[C@H](NCc1cccc(OC)c1)[C@@H](O)[C@H](Cc1ccccc1)NC(=O)OC(C)(C)C. The molecule has 186 valence electrons. The van der Waals surface area contributed by atoms with E-state index in [0.29, 0.717) is 5.75 Å². The average molecular weight is 473 g/mol. The van der Waals surface area contributed by atoms with Gasteiger partial charge < -0.3 is 24.6 Å². The Bertz CT molecular complexity index is 913. The Morgan fingerprint density at radius 2 is 1.71 bits per heavy atom. The molecule has 0 fully saturated rings. The van der Waals surface area contributed by atoms with Crippen molar-refractivity contribution in [2.45, 2.75) is 64.4 Å². The van der Waals surface area contributed by atoms with Crippen LogP contribution in [0.4, 0.5) is 4.79 Å². The van der Waals surface area contributed by atoms with Crippen LogP contribution in [0.1, 0.15) is 38.8 Å². The maximum atomic E-state index is 12.8. The summed E-state index contributed by atoms with van der Waals surface area (Å²) in [4.78, 5) is 25.3. The molecule has 0 saturated carbocycles. The molecule has 8 heteroatoms. The third kappa shape index (κ3) is 9.03. The minimum absolute atomic E-state index is 0.158. The normalized spacial score (nSPS) is 13.9. The second-order valence-electron chi connectivity index (χ2n) is 8.90. The summed E-state index contributed by atoms with van der Waals surface area (Å²) >= 11 is 0. The molecule has 8 nitrogen and oxygen atoms in total. The quantitative estimate of drug-likeness (QED) is 0.431. The van der Waals surface area contributed by atoms with Gasteiger partial charge in [0.2, 0.25) is 0 Å². The molecule has 0 unspecified atom stereocenters. The van der Waals surface area contributed by atoms with Crippen LogP contribution in [0.15, 0.2) is 54.6 Å². The zero-order chi connectivity index (χ0) is 25.1. The molecule has 3 N–H and O–H groups in total. The van der Waals surface area contributed by atoms with Crippen molar-refractivity contribution < 1.29 is 28.9 Å². The Morgan fingerprint density at radius 1 is 1.03 bits per heavy atom. The summed E-state index contributed by atoms with van der Waals surface area (Å²) < 4.78 is 15.9. The first kappa shape index (κ1) is 27.1. The van der Waals surface area contributed by atoms with Crippen LogP contribution in [0, 0.1) is 0 Å². The molecule has 0 aliphatic carbocycles. The van der Waals surface area contributed by atoms with Crippen molar-refractivity contribution >= 4 is 12.1 Å². The second-order valence-corrected chi connectivity index (χ2v) is 8.90. The number of rotatable bonds is 11. The van der Waals surface area contributed by atoms with Crippen LogP contribution in [-0.4, -0.2) is 54.7 Å². The van der Waals surface area contributed by atoms with Crippen LogP contribution >= 0.6 is 0 Å². The van der Waals surface area contributed by atoms with Crippen molar-refractivity contribution in [3.63, 3.8) is 0 Å². The number of amides is 1. The first-order valence-electron chi connectivity index (χ1n) is 11.4. The van der Waals surface area contributed by atoms with Gasteiger partial charge in [-0.2, -0.15) is 0 Å². The number of benzene rings is 2. The van der Waals surface area contributed by atoms with E-state index in [1.165, 1.54) is 0 Å². The molecular formula is C26H36N2O6. The third-order valence-corrected chi connectivity index (χ3v) is 4.96. The number of carbonyl (C=O) groups excluding carboxylic acids is 2. The van der Waals surface area contributed by atoms with Gasteiger partial charge in [0.05, 0.1) is 19.8 Å². The Labute approximate surface area is 201 Å². The van der Waals surface area contributed by atoms with Gasteiger partial charge in [-0.25, -0.2) is 4.79 Å². The number of aliphatic hydroxyl groups excluding tert-OH is 1. The molecule has 0 aliphatic rings. The van der Waals surface area contributed by atoms with E-state index < -0.39 is 35.9 Å². The molecule has 2 aromatic rings. The molecule has 2 aromatic carbocycles. The fourth-order valence-corrected chi connectivity index (χ4v) is 3.40. The molecule has 0 aliphatic heterocycles. The van der Waals surface area contributed by atoms with E-state index >= 15 is 0 Å². The molecular weight excluding hydrogens is 436 g/mol. The Kier molecular flexibility index (Phi) is 10.3. The van der Waals surface area contributed by atoms with E-state index in [1.54, 1.807) is 34.8 Å². The van der Waals surface area contributed by atoms with E-state index in [0.717, 1.165) is 11.1 Å². The monoisotopic (exact) mass is 472 g/mol. The highest BCUT2D eigenvalue weighted by atomic mass is 16.6. The molecule has 2 rings (SSSR count). The molecule has 34 heavy (non-hydrogen) atoms. The first-order chi connectivity index (χ1) is 16.1. The average Bonchev–Trinajstić information content (AvgIpc) is 2.78. The Morgan fingerprint density at radius 3 is 2.32 bits per heavy atom. The first-order valence-corrected chi connectivity index (χ1v) is 11.4. The van der Waals surface area contributed by atoms with Crippen LogP contribution in [-0.2, 0) is 27.2 Å². The predicted molar refractivity (Wildman–Crippen MR) is 130 cm³/mol. The summed E-state index contributed by atoms with van der Waals surface area (Å²) in [6, 6.07) is 14.9. The summed E-state index contributed by atoms with van der Waals surface area (Å²) in [5, 5.41) is 17.1. The predicted octanol–water partition coefficient (Wildman–Crippen LogP) is 3.21. The number of nitrogens with one attached hydrogen (secondary N) is 2. The summed E-state index contributed by atoms with van der Waals surface area (Å²) in [5.41, 5.74) is 1.04. The van der Waals surface area contributed by atoms with Crippen LogP contribution in [0.2, 0.25) is 0 Å². The number of ether oxygens (including phenoxy) is 3. The molecule has 0 aromatic heterocycles. The molecule has 3 atom stereocenters. The van der Waals surface area contributed by atoms with Crippen molar-refractivity contribution in [1.29, 1.82) is 0 Å². The zero-order valence-corrected chi connectivity index (χ0v) is 20.5. The van der Waals surface area contributed by atoms with E-state index in [1.807, 2.05) is 54.6 Å². The molecule has 0 heterocycles. The number of hydrogen-bond donors (Lipinski definition) is 3. The van der Waals surface area contributed by atoms with Gasteiger partial charge in [0.25, 0.3) is 0 Å². The lowest BCUT2D eigenvalue weighted by Gasteiger charge is -2.31. The number of alkyl carbamates (subject to hydrolysis) is 1. The third-order valence-electron chi connectivity index (χ3n) is 4.96. The number of esters is 1. The van der Waals surface area contributed by atoms with Gasteiger partial charge >= 0.3 is 12.1 Å². The van der Waals surface area contributed by atoms with Gasteiger partial charge in [0.15, 0.2) is 0 Å². The molecule has 0 spiro atoms. The lowest BCUT2D eigenvalue weighted by Crippen LogP contribution is -2.57. The molecule has 1 amide bonds. The van der Waals surface area contributed by atoms with Crippen LogP contribution in [0.25, 0.3) is 0 Å². The van der Waals surface area contributed by atoms with E-state index in [4.69, 9.17) is 14.2 Å². The topological polar surface area (TPSA) is 106 Å². The van der Waals surface area contributed by atoms with Gasteiger partial charge in [-0.3, -0.25) is 10.1 Å². The summed E-state index contributed by atoms with van der Waals surface area (Å²) in [6.45, 7) is 7.41. The van der Waals surface area contributed by atoms with Crippen molar-refractivity contribution in [1.82, 2.24) is 10.6 Å². The van der Waals surface area contributed by atoms with Crippen LogP contribution in [0.3, 0.4) is 0 Å². The van der Waals surface area contributed by atoms with Gasteiger partial charge in [0.1, 0.15) is 23.5 Å². The fourth-order valence-electron chi connectivity index (χ4n) is 3.40. The van der Waals surface area contributed by atoms with Gasteiger partial charge in [-0.15, -0.1) is 0 Å². The van der Waals surface area contributed by atoms with Gasteiger partial charge in [0, 0.05) is 6.54 Å². The van der Waals surface area contributed by atoms with Crippen molar-refractivity contribution in [2.24, 2.45) is 0 Å².